The summed E-state index contributed by atoms with van der Waals surface area (Å²) in [5.74, 6) is 0.226. The van der Waals surface area contributed by atoms with Crippen molar-refractivity contribution < 1.29 is 19.2 Å². The Kier molecular flexibility index (Phi) is 6.66. The number of hydrogen-bond donors (Lipinski definition) is 0. The van der Waals surface area contributed by atoms with Gasteiger partial charge >= 0.3 is 0 Å². The van der Waals surface area contributed by atoms with Gasteiger partial charge in [-0.15, -0.1) is 0 Å². The molecule has 0 aromatic heterocycles. The molecule has 0 bridgehead atoms. The van der Waals surface area contributed by atoms with Gasteiger partial charge in [0, 0.05) is 12.6 Å². The first-order valence-corrected chi connectivity index (χ1v) is 9.81. The van der Waals surface area contributed by atoms with E-state index in [2.05, 4.69) is 0 Å². The van der Waals surface area contributed by atoms with E-state index in [1.807, 2.05) is 38.4 Å². The average Bonchev–Trinajstić information content (AvgIpc) is 2.45. The normalized spacial score (nSPS) is 13.9. The topological polar surface area (TPSA) is 81.9 Å². The van der Waals surface area contributed by atoms with Crippen LogP contribution in [0.1, 0.15) is 0 Å². The molecule has 0 aliphatic rings. The average molecular weight is 325 g/mol. The first kappa shape index (κ1) is 18.3. The van der Waals surface area contributed by atoms with Gasteiger partial charge in [-0.2, -0.15) is 0 Å². The molecular weight excluding hydrogens is 304 g/mol. The van der Waals surface area contributed by atoms with Gasteiger partial charge in [-0.3, -0.25) is 14.9 Å². The molecule has 121 valence electrons. The fourth-order valence-electron chi connectivity index (χ4n) is 1.70. The van der Waals surface area contributed by atoms with Gasteiger partial charge in [0.1, 0.15) is 14.5 Å². The number of nitro benzene ring substituents is 1. The third kappa shape index (κ3) is 4.90. The van der Waals surface area contributed by atoms with Crippen LogP contribution in [0.3, 0.4) is 0 Å². The van der Waals surface area contributed by atoms with Crippen LogP contribution >= 0.6 is 0 Å². The number of non-ortho nitro benzene ring substituents is 1. The minimum Gasteiger partial charge on any atom is -0.459 e. The van der Waals surface area contributed by atoms with E-state index in [0.29, 0.717) is 13.2 Å². The summed E-state index contributed by atoms with van der Waals surface area (Å²) >= 11 is 0. The summed E-state index contributed by atoms with van der Waals surface area (Å²) in [5, 5.41) is 10.8. The van der Waals surface area contributed by atoms with E-state index < -0.39 is 19.1 Å². The van der Waals surface area contributed by atoms with Crippen molar-refractivity contribution in [3.63, 3.8) is 0 Å². The van der Waals surface area contributed by atoms with Gasteiger partial charge in [0.25, 0.3) is 17.4 Å². The van der Waals surface area contributed by atoms with Crippen molar-refractivity contribution in [2.45, 2.75) is 18.5 Å². The minimum absolute atomic E-state index is 0.101. The first-order chi connectivity index (χ1) is 10.3. The second kappa shape index (κ2) is 8.02. The van der Waals surface area contributed by atoms with E-state index in [1.54, 1.807) is 6.07 Å². The van der Waals surface area contributed by atoms with Crippen molar-refractivity contribution in [2.75, 3.05) is 27.2 Å². The lowest BCUT2D eigenvalue weighted by Gasteiger charge is -2.31. The smallest absolute Gasteiger partial charge is 0.273 e. The lowest BCUT2D eigenvalue weighted by atomic mass is 10.3. The molecule has 7 nitrogen and oxygen atoms in total. The second-order valence-corrected chi connectivity index (χ2v) is 8.50. The van der Waals surface area contributed by atoms with Crippen LogP contribution in [0.2, 0.25) is 13.1 Å². The maximum absolute atomic E-state index is 11.5. The largest absolute Gasteiger partial charge is 0.459 e. The maximum Gasteiger partial charge on any atom is 0.273 e. The third-order valence-electron chi connectivity index (χ3n) is 3.06. The number of nitrogens with zero attached hydrogens (tertiary/aromatic N) is 2. The minimum atomic E-state index is -1.75. The van der Waals surface area contributed by atoms with Crippen molar-refractivity contribution in [1.82, 2.24) is 4.90 Å². The molecule has 1 atom stereocenters. The molecule has 0 heterocycles. The van der Waals surface area contributed by atoms with E-state index in [4.69, 9.17) is 9.47 Å². The SMILES string of the molecule is CN(C)CCOC([C]=O)(Oc1cccc([N+](=O)[O-])c1)[SiH](C)C. The summed E-state index contributed by atoms with van der Waals surface area (Å²) < 4.78 is 11.3. The molecule has 1 aromatic carbocycles. The fourth-order valence-corrected chi connectivity index (χ4v) is 2.76. The zero-order chi connectivity index (χ0) is 16.8. The van der Waals surface area contributed by atoms with Gasteiger partial charge in [0.15, 0.2) is 0 Å². The van der Waals surface area contributed by atoms with Crippen molar-refractivity contribution in [2.24, 2.45) is 0 Å². The molecule has 0 aliphatic heterocycles. The van der Waals surface area contributed by atoms with Crippen LogP contribution in [0.25, 0.3) is 0 Å². The van der Waals surface area contributed by atoms with E-state index in [0.717, 1.165) is 0 Å². The number of nitro groups is 1. The number of hydrogen-bond acceptors (Lipinski definition) is 6. The number of benzene rings is 1. The van der Waals surface area contributed by atoms with Crippen LogP contribution in [0.5, 0.6) is 5.75 Å². The van der Waals surface area contributed by atoms with Gasteiger partial charge in [-0.25, -0.2) is 0 Å². The van der Waals surface area contributed by atoms with Crippen molar-refractivity contribution in [1.29, 1.82) is 0 Å². The Morgan fingerprint density at radius 1 is 1.41 bits per heavy atom. The van der Waals surface area contributed by atoms with Crippen LogP contribution in [-0.4, -0.2) is 57.6 Å². The third-order valence-corrected chi connectivity index (χ3v) is 4.98. The Balaban J connectivity index is 2.95. The van der Waals surface area contributed by atoms with Gasteiger partial charge in [-0.05, 0) is 20.2 Å². The number of carbonyl (C=O) groups excluding carboxylic acids is 1. The summed E-state index contributed by atoms with van der Waals surface area (Å²) in [6.07, 6.45) is 1.86. The van der Waals surface area contributed by atoms with E-state index in [1.165, 1.54) is 18.2 Å². The summed E-state index contributed by atoms with van der Waals surface area (Å²) in [6, 6.07) is 5.70. The standard InChI is InChI=1S/C14H21N2O5Si/c1-15(2)8-9-20-14(11-17,22(3)4)21-13-7-5-6-12(10-13)16(18)19/h5-7,10,22H,8-9H2,1-4H3. The summed E-state index contributed by atoms with van der Waals surface area (Å²) in [5.41, 5.74) is -1.55. The highest BCUT2D eigenvalue weighted by Crippen LogP contribution is 2.25. The highest BCUT2D eigenvalue weighted by Gasteiger charge is 2.39. The molecule has 0 spiro atoms. The predicted molar refractivity (Wildman–Crippen MR) is 85.5 cm³/mol. The second-order valence-electron chi connectivity index (χ2n) is 5.43. The van der Waals surface area contributed by atoms with Crippen LogP contribution in [-0.2, 0) is 9.53 Å². The van der Waals surface area contributed by atoms with Crippen molar-refractivity contribution in [3.8, 4) is 5.75 Å². The van der Waals surface area contributed by atoms with Crippen LogP contribution in [0, 0.1) is 10.1 Å². The Morgan fingerprint density at radius 2 is 2.09 bits per heavy atom. The van der Waals surface area contributed by atoms with Crippen molar-refractivity contribution in [3.05, 3.63) is 34.4 Å². The van der Waals surface area contributed by atoms with E-state index in [-0.39, 0.29) is 11.4 Å². The first-order valence-electron chi connectivity index (χ1n) is 6.92. The molecule has 22 heavy (non-hydrogen) atoms. The highest BCUT2D eigenvalue weighted by atomic mass is 28.3. The molecular formula is C14H21N2O5Si. The summed E-state index contributed by atoms with van der Waals surface area (Å²) in [6.45, 7) is 4.74. The molecule has 0 saturated carbocycles. The van der Waals surface area contributed by atoms with Crippen LogP contribution < -0.4 is 4.74 Å². The number of likely N-dealkylation sites (N-methyl/N-ethyl adjacent to an activating group) is 1. The zero-order valence-electron chi connectivity index (χ0n) is 13.2. The maximum atomic E-state index is 11.5. The predicted octanol–water partition coefficient (Wildman–Crippen LogP) is 1.38. The van der Waals surface area contributed by atoms with Gasteiger partial charge in [0.2, 0.25) is 0 Å². The summed E-state index contributed by atoms with van der Waals surface area (Å²) in [4.78, 5) is 23.7. The van der Waals surface area contributed by atoms with Gasteiger partial charge < -0.3 is 14.4 Å². The molecule has 0 amide bonds. The summed E-state index contributed by atoms with van der Waals surface area (Å²) in [7, 11) is 2.03. The lowest BCUT2D eigenvalue weighted by Crippen LogP contribution is -2.52. The number of ether oxygens (including phenoxy) is 2. The molecule has 1 aromatic rings. The lowest BCUT2D eigenvalue weighted by molar-refractivity contribution is -0.385. The van der Waals surface area contributed by atoms with E-state index in [9.17, 15) is 14.9 Å². The van der Waals surface area contributed by atoms with Gasteiger partial charge in [0.05, 0.1) is 17.6 Å². The van der Waals surface area contributed by atoms with Crippen LogP contribution in [0.4, 0.5) is 5.69 Å². The van der Waals surface area contributed by atoms with Gasteiger partial charge in [-0.1, -0.05) is 19.2 Å². The Labute approximate surface area is 131 Å². The Bertz CT molecular complexity index is 524. The van der Waals surface area contributed by atoms with E-state index >= 15 is 0 Å². The highest BCUT2D eigenvalue weighted by molar-refractivity contribution is 6.62. The fraction of sp³-hybridized carbons (Fsp3) is 0.500. The molecule has 1 radical (unpaired) electrons. The van der Waals surface area contributed by atoms with Crippen molar-refractivity contribution >= 4 is 20.8 Å². The molecule has 0 N–H and O–H groups in total. The monoisotopic (exact) mass is 325 g/mol. The Hall–Kier alpha value is -1.77. The molecule has 8 heteroatoms. The molecule has 0 aliphatic carbocycles. The van der Waals surface area contributed by atoms with Crippen LogP contribution in [0.15, 0.2) is 24.3 Å². The number of rotatable bonds is 9. The molecule has 0 fully saturated rings. The molecule has 1 unspecified atom stereocenters. The molecule has 0 saturated heterocycles. The molecule has 1 rings (SSSR count). The quantitative estimate of drug-likeness (QED) is 0.295. The Morgan fingerprint density at radius 3 is 2.59 bits per heavy atom. The zero-order valence-corrected chi connectivity index (χ0v) is 14.4.